The summed E-state index contributed by atoms with van der Waals surface area (Å²) < 4.78 is 7.09. The summed E-state index contributed by atoms with van der Waals surface area (Å²) in [7, 11) is 0. The van der Waals surface area contributed by atoms with Crippen LogP contribution >= 0.6 is 11.6 Å². The molecule has 200 valence electrons. The van der Waals surface area contributed by atoms with Crippen LogP contribution in [0, 0.1) is 6.92 Å². The van der Waals surface area contributed by atoms with Gasteiger partial charge in [-0.2, -0.15) is 0 Å². The summed E-state index contributed by atoms with van der Waals surface area (Å²) in [6.45, 7) is 3.84. The molecule has 4 aromatic carbocycles. The van der Waals surface area contributed by atoms with Gasteiger partial charge in [0, 0.05) is 27.3 Å². The largest absolute Gasteiger partial charge is 0.462 e. The molecule has 0 bridgehead atoms. The number of carbonyl (C=O) groups excluding carboxylic acids is 3. The number of carbonyl (C=O) groups is 3. The number of hydrogen-bond donors (Lipinski definition) is 1. The van der Waals surface area contributed by atoms with E-state index in [1.54, 1.807) is 43.3 Å². The van der Waals surface area contributed by atoms with E-state index in [0.717, 1.165) is 16.6 Å². The smallest absolute Gasteiger partial charge is 0.338 e. The second kappa shape index (κ2) is 11.6. The molecule has 0 atom stereocenters. The molecule has 1 heterocycles. The number of fused-ring (bicyclic) bond motifs is 1. The number of anilines is 1. The molecule has 0 saturated carbocycles. The van der Waals surface area contributed by atoms with Gasteiger partial charge in [-0.1, -0.05) is 72.3 Å². The monoisotopic (exact) mass is 550 g/mol. The van der Waals surface area contributed by atoms with E-state index >= 15 is 0 Å². The van der Waals surface area contributed by atoms with Crippen molar-refractivity contribution in [2.45, 2.75) is 19.9 Å². The first-order valence-electron chi connectivity index (χ1n) is 12.9. The summed E-state index contributed by atoms with van der Waals surface area (Å²) in [5.41, 5.74) is 4.53. The van der Waals surface area contributed by atoms with Crippen molar-refractivity contribution in [3.8, 4) is 0 Å². The van der Waals surface area contributed by atoms with Crippen LogP contribution in [-0.4, -0.2) is 28.8 Å². The quantitative estimate of drug-likeness (QED) is 0.125. The average Bonchev–Trinajstić information content (AvgIpc) is 3.25. The van der Waals surface area contributed by atoms with E-state index in [1.165, 1.54) is 0 Å². The topological polar surface area (TPSA) is 77.4 Å². The number of esters is 1. The second-order valence-corrected chi connectivity index (χ2v) is 9.73. The van der Waals surface area contributed by atoms with E-state index in [-0.39, 0.29) is 18.2 Å². The van der Waals surface area contributed by atoms with Crippen LogP contribution in [0.25, 0.3) is 10.9 Å². The highest BCUT2D eigenvalue weighted by Crippen LogP contribution is 2.37. The molecule has 5 rings (SSSR count). The molecule has 5 aromatic rings. The van der Waals surface area contributed by atoms with Crippen LogP contribution in [0.3, 0.4) is 0 Å². The van der Waals surface area contributed by atoms with Crippen molar-refractivity contribution in [2.24, 2.45) is 0 Å². The number of nitrogens with zero attached hydrogens (tertiary/aromatic N) is 1. The van der Waals surface area contributed by atoms with Crippen LogP contribution in [0.1, 0.15) is 50.5 Å². The Morgan fingerprint density at radius 2 is 1.45 bits per heavy atom. The molecular formula is C33H27ClN2O4. The van der Waals surface area contributed by atoms with Gasteiger partial charge in [0.05, 0.1) is 23.8 Å². The maximum atomic E-state index is 13.7. The number of benzene rings is 4. The molecule has 1 aromatic heterocycles. The number of amides is 1. The number of nitrogens with one attached hydrogen (secondary N) is 1. The van der Waals surface area contributed by atoms with Gasteiger partial charge in [-0.15, -0.1) is 0 Å². The molecule has 0 unspecified atom stereocenters. The van der Waals surface area contributed by atoms with Crippen molar-refractivity contribution in [1.82, 2.24) is 4.57 Å². The van der Waals surface area contributed by atoms with E-state index in [4.69, 9.17) is 16.3 Å². The summed E-state index contributed by atoms with van der Waals surface area (Å²) in [6, 6.07) is 31.4. The van der Waals surface area contributed by atoms with Gasteiger partial charge in [0.1, 0.15) is 0 Å². The lowest BCUT2D eigenvalue weighted by Gasteiger charge is -2.23. The Labute approximate surface area is 237 Å². The maximum Gasteiger partial charge on any atom is 0.338 e. The zero-order chi connectivity index (χ0) is 28.2. The second-order valence-electron chi connectivity index (χ2n) is 9.30. The summed E-state index contributed by atoms with van der Waals surface area (Å²) in [6.07, 6.45) is 0. The number of hydrogen-bond acceptors (Lipinski definition) is 4. The average molecular weight is 551 g/mol. The molecule has 1 N–H and O–H groups in total. The Balaban J connectivity index is 1.57. The number of rotatable bonds is 8. The third-order valence-corrected chi connectivity index (χ3v) is 7.02. The zero-order valence-electron chi connectivity index (χ0n) is 22.1. The molecule has 0 aliphatic carbocycles. The van der Waals surface area contributed by atoms with Crippen LogP contribution in [0.2, 0.25) is 5.02 Å². The molecule has 7 heteroatoms. The van der Waals surface area contributed by atoms with E-state index in [2.05, 4.69) is 9.88 Å². The van der Waals surface area contributed by atoms with Gasteiger partial charge >= 0.3 is 5.97 Å². The van der Waals surface area contributed by atoms with E-state index in [9.17, 15) is 14.4 Å². The van der Waals surface area contributed by atoms with Crippen LogP contribution < -0.4 is 5.32 Å². The Morgan fingerprint density at radius 3 is 2.02 bits per heavy atom. The van der Waals surface area contributed by atoms with Gasteiger partial charge in [0.25, 0.3) is 11.7 Å². The van der Waals surface area contributed by atoms with Crippen LogP contribution in [0.15, 0.2) is 103 Å². The van der Waals surface area contributed by atoms with Gasteiger partial charge in [0.2, 0.25) is 0 Å². The van der Waals surface area contributed by atoms with Gasteiger partial charge < -0.3 is 14.6 Å². The standard InChI is InChI=1S/C33H27ClN2O4/c1-3-40-33(39)24-14-17-26(18-15-24)35-32(38)31(37)29-21(2)36(28-19-16-25(34)20-27(28)29)30(22-10-6-4-7-11-22)23-12-8-5-9-13-23/h4-20,30H,3H2,1-2H3,(H,35,38). The Morgan fingerprint density at radius 1 is 0.850 bits per heavy atom. The number of aromatic nitrogens is 1. The minimum atomic E-state index is -0.790. The molecule has 0 spiro atoms. The molecule has 0 radical (unpaired) electrons. The normalized spacial score (nSPS) is 11.0. The lowest BCUT2D eigenvalue weighted by Crippen LogP contribution is -2.24. The molecule has 0 aliphatic rings. The van der Waals surface area contributed by atoms with Crippen molar-refractivity contribution < 1.29 is 19.1 Å². The number of ketones is 1. The number of halogens is 1. The van der Waals surface area contributed by atoms with Gasteiger partial charge in [-0.25, -0.2) is 4.79 Å². The van der Waals surface area contributed by atoms with Crippen molar-refractivity contribution in [2.75, 3.05) is 11.9 Å². The first-order valence-corrected chi connectivity index (χ1v) is 13.3. The first kappa shape index (κ1) is 26.9. The van der Waals surface area contributed by atoms with Crippen LogP contribution in [0.4, 0.5) is 5.69 Å². The number of ether oxygens (including phenoxy) is 1. The highest BCUT2D eigenvalue weighted by molar-refractivity contribution is 6.49. The minimum absolute atomic E-state index is 0.244. The Hall–Kier alpha value is -4.68. The number of Topliss-reactive ketones (excluding diaryl/α,β-unsaturated/α-hetero) is 1. The third-order valence-electron chi connectivity index (χ3n) is 6.79. The van der Waals surface area contributed by atoms with E-state index < -0.39 is 17.7 Å². The zero-order valence-corrected chi connectivity index (χ0v) is 22.8. The fourth-order valence-electron chi connectivity index (χ4n) is 5.00. The highest BCUT2D eigenvalue weighted by Gasteiger charge is 2.29. The Bertz CT molecular complexity index is 1650. The van der Waals surface area contributed by atoms with E-state index in [0.29, 0.717) is 27.4 Å². The summed E-state index contributed by atoms with van der Waals surface area (Å²) in [4.78, 5) is 38.9. The summed E-state index contributed by atoms with van der Waals surface area (Å²) in [5, 5.41) is 3.72. The van der Waals surface area contributed by atoms with Crippen LogP contribution in [-0.2, 0) is 9.53 Å². The van der Waals surface area contributed by atoms with E-state index in [1.807, 2.05) is 73.7 Å². The molecule has 6 nitrogen and oxygen atoms in total. The minimum Gasteiger partial charge on any atom is -0.462 e. The lowest BCUT2D eigenvalue weighted by molar-refractivity contribution is -0.112. The Kier molecular flexibility index (Phi) is 7.80. The van der Waals surface area contributed by atoms with Crippen molar-refractivity contribution in [3.05, 3.63) is 136 Å². The first-order chi connectivity index (χ1) is 19.4. The van der Waals surface area contributed by atoms with Gasteiger partial charge in [-0.3, -0.25) is 9.59 Å². The highest BCUT2D eigenvalue weighted by atomic mass is 35.5. The molecule has 0 saturated heterocycles. The fourth-order valence-corrected chi connectivity index (χ4v) is 5.17. The molecule has 40 heavy (non-hydrogen) atoms. The predicted octanol–water partition coefficient (Wildman–Crippen LogP) is 7.24. The van der Waals surface area contributed by atoms with Crippen molar-refractivity contribution in [1.29, 1.82) is 0 Å². The molecule has 0 aliphatic heterocycles. The fraction of sp³-hybridized carbons (Fsp3) is 0.121. The molecular weight excluding hydrogens is 524 g/mol. The third kappa shape index (κ3) is 5.26. The predicted molar refractivity (Wildman–Crippen MR) is 157 cm³/mol. The maximum absolute atomic E-state index is 13.7. The molecule has 0 fully saturated rings. The summed E-state index contributed by atoms with van der Waals surface area (Å²) in [5.74, 6) is -1.93. The van der Waals surface area contributed by atoms with Gasteiger partial charge in [0.15, 0.2) is 0 Å². The summed E-state index contributed by atoms with van der Waals surface area (Å²) >= 11 is 6.38. The SMILES string of the molecule is CCOC(=O)c1ccc(NC(=O)C(=O)c2c(C)n(C(c3ccccc3)c3ccccc3)c3ccc(Cl)cc23)cc1. The van der Waals surface area contributed by atoms with Crippen LogP contribution in [0.5, 0.6) is 0 Å². The van der Waals surface area contributed by atoms with Gasteiger partial charge in [-0.05, 0) is 67.4 Å². The van der Waals surface area contributed by atoms with Crippen molar-refractivity contribution >= 4 is 45.9 Å². The lowest BCUT2D eigenvalue weighted by atomic mass is 9.98. The van der Waals surface area contributed by atoms with Crippen molar-refractivity contribution in [3.63, 3.8) is 0 Å². The molecule has 1 amide bonds.